The molecule has 0 bridgehead atoms. The Kier molecular flexibility index (Phi) is 4.77. The van der Waals surface area contributed by atoms with Crippen LogP contribution in [0.4, 0.5) is 10.2 Å². The number of nitrogens with two attached hydrogens (primary N) is 1. The molecule has 0 aliphatic heterocycles. The Hall–Kier alpha value is -3.55. The van der Waals surface area contributed by atoms with Crippen molar-refractivity contribution in [2.75, 3.05) is 5.73 Å². The molecule has 4 nitrogen and oxygen atoms in total. The Morgan fingerprint density at radius 1 is 1.00 bits per heavy atom. The van der Waals surface area contributed by atoms with Gasteiger partial charge in [0.1, 0.15) is 22.4 Å². The normalized spacial score (nSPS) is 11.1. The van der Waals surface area contributed by atoms with Crippen molar-refractivity contribution in [3.05, 3.63) is 88.4 Å². The van der Waals surface area contributed by atoms with Crippen LogP contribution < -0.4 is 5.73 Å². The number of rotatable bonds is 4. The number of carbonyl (C=O) groups excluding carboxylic acids is 1. The fourth-order valence-corrected chi connectivity index (χ4v) is 5.43. The molecule has 0 spiro atoms. The summed E-state index contributed by atoms with van der Waals surface area (Å²) in [6.45, 7) is 0. The second-order valence-electron chi connectivity index (χ2n) is 6.95. The van der Waals surface area contributed by atoms with Crippen molar-refractivity contribution in [1.29, 1.82) is 0 Å². The van der Waals surface area contributed by atoms with Crippen molar-refractivity contribution in [3.63, 3.8) is 0 Å². The van der Waals surface area contributed by atoms with Crippen LogP contribution in [0.1, 0.15) is 15.2 Å². The van der Waals surface area contributed by atoms with E-state index in [2.05, 4.69) is 4.98 Å². The molecule has 7 heteroatoms. The van der Waals surface area contributed by atoms with Crippen molar-refractivity contribution in [2.45, 2.75) is 0 Å². The first-order valence-corrected chi connectivity index (χ1v) is 11.1. The predicted octanol–water partition coefficient (Wildman–Crippen LogP) is 6.35. The molecule has 3 N–H and O–H groups in total. The summed E-state index contributed by atoms with van der Waals surface area (Å²) in [7, 11) is 0. The van der Waals surface area contributed by atoms with Gasteiger partial charge in [0, 0.05) is 26.6 Å². The second kappa shape index (κ2) is 7.61. The molecule has 3 aromatic carbocycles. The van der Waals surface area contributed by atoms with Crippen LogP contribution >= 0.6 is 22.7 Å². The van der Waals surface area contributed by atoms with E-state index >= 15 is 0 Å². The second-order valence-corrected chi connectivity index (χ2v) is 8.86. The van der Waals surface area contributed by atoms with E-state index in [-0.39, 0.29) is 17.1 Å². The van der Waals surface area contributed by atoms with Gasteiger partial charge >= 0.3 is 0 Å². The van der Waals surface area contributed by atoms with Gasteiger partial charge in [-0.25, -0.2) is 9.37 Å². The first-order valence-electron chi connectivity index (χ1n) is 9.38. The smallest absolute Gasteiger partial charge is 0.206 e. The minimum absolute atomic E-state index is 0.0226. The average molecular weight is 447 g/mol. The molecular weight excluding hydrogens is 431 g/mol. The molecule has 0 saturated heterocycles. The first kappa shape index (κ1) is 19.4. The maximum absolute atomic E-state index is 14.3. The van der Waals surface area contributed by atoms with Crippen LogP contribution in [0.3, 0.4) is 0 Å². The number of nitrogen functional groups attached to an aromatic ring is 1. The third-order valence-electron chi connectivity index (χ3n) is 4.94. The largest absolute Gasteiger partial charge is 0.508 e. The van der Waals surface area contributed by atoms with Gasteiger partial charge in [-0.05, 0) is 35.9 Å². The van der Waals surface area contributed by atoms with Crippen molar-refractivity contribution in [3.8, 4) is 27.4 Å². The van der Waals surface area contributed by atoms with Crippen molar-refractivity contribution in [2.24, 2.45) is 0 Å². The van der Waals surface area contributed by atoms with Crippen LogP contribution in [0.2, 0.25) is 0 Å². The van der Waals surface area contributed by atoms with Crippen LogP contribution in [0.5, 0.6) is 5.75 Å². The molecule has 152 valence electrons. The van der Waals surface area contributed by atoms with E-state index in [9.17, 15) is 14.3 Å². The van der Waals surface area contributed by atoms with Gasteiger partial charge in [-0.3, -0.25) is 4.79 Å². The third kappa shape index (κ3) is 3.48. The minimum Gasteiger partial charge on any atom is -0.508 e. The lowest BCUT2D eigenvalue weighted by Gasteiger charge is -2.07. The molecule has 0 aliphatic rings. The van der Waals surface area contributed by atoms with E-state index in [0.29, 0.717) is 10.7 Å². The number of thiazole rings is 1. The molecule has 0 amide bonds. The number of ketones is 1. The topological polar surface area (TPSA) is 76.2 Å². The van der Waals surface area contributed by atoms with E-state index in [4.69, 9.17) is 5.73 Å². The number of carbonyl (C=O) groups is 1. The lowest BCUT2D eigenvalue weighted by Crippen LogP contribution is -2.03. The molecule has 0 fully saturated rings. The first-order chi connectivity index (χ1) is 15.0. The lowest BCUT2D eigenvalue weighted by atomic mass is 9.97. The summed E-state index contributed by atoms with van der Waals surface area (Å²) < 4.78 is 15.1. The van der Waals surface area contributed by atoms with Crippen LogP contribution in [0.15, 0.2) is 72.1 Å². The quantitative estimate of drug-likeness (QED) is 0.315. The summed E-state index contributed by atoms with van der Waals surface area (Å²) in [6, 6.07) is 18.6. The number of hydrogen-bond acceptors (Lipinski definition) is 6. The van der Waals surface area contributed by atoms with E-state index < -0.39 is 5.82 Å². The summed E-state index contributed by atoms with van der Waals surface area (Å²) in [5.74, 6) is -0.353. The van der Waals surface area contributed by atoms with Crippen molar-refractivity contribution < 1.29 is 14.3 Å². The van der Waals surface area contributed by atoms with Gasteiger partial charge in [0.15, 0.2) is 0 Å². The van der Waals surface area contributed by atoms with E-state index in [1.54, 1.807) is 35.7 Å². The maximum Gasteiger partial charge on any atom is 0.206 e. The zero-order valence-electron chi connectivity index (χ0n) is 16.0. The number of fused-ring (bicyclic) bond motifs is 1. The Morgan fingerprint density at radius 2 is 1.74 bits per heavy atom. The molecule has 2 heterocycles. The monoisotopic (exact) mass is 446 g/mol. The summed E-state index contributed by atoms with van der Waals surface area (Å²) in [5.41, 5.74) is 8.22. The maximum atomic E-state index is 14.3. The van der Waals surface area contributed by atoms with Gasteiger partial charge in [0.2, 0.25) is 5.78 Å². The Balaban J connectivity index is 1.68. The van der Waals surface area contributed by atoms with Gasteiger partial charge in [-0.15, -0.1) is 22.7 Å². The highest BCUT2D eigenvalue weighted by molar-refractivity contribution is 7.21. The number of thiophene rings is 1. The minimum atomic E-state index is -0.560. The van der Waals surface area contributed by atoms with Crippen LogP contribution in [-0.4, -0.2) is 15.9 Å². The van der Waals surface area contributed by atoms with E-state index in [0.717, 1.165) is 31.8 Å². The van der Waals surface area contributed by atoms with Gasteiger partial charge in [0.25, 0.3) is 0 Å². The summed E-state index contributed by atoms with van der Waals surface area (Å²) >= 11 is 2.70. The van der Waals surface area contributed by atoms with Crippen molar-refractivity contribution in [1.82, 2.24) is 4.98 Å². The molecule has 31 heavy (non-hydrogen) atoms. The van der Waals surface area contributed by atoms with Crippen LogP contribution in [0, 0.1) is 5.82 Å². The number of benzene rings is 3. The fourth-order valence-electron chi connectivity index (χ4n) is 3.50. The average Bonchev–Trinajstić information content (AvgIpc) is 3.37. The van der Waals surface area contributed by atoms with Crippen LogP contribution in [-0.2, 0) is 0 Å². The molecule has 0 aliphatic carbocycles. The highest BCUT2D eigenvalue weighted by Crippen LogP contribution is 2.42. The van der Waals surface area contributed by atoms with Gasteiger partial charge < -0.3 is 10.8 Å². The molecule has 0 unspecified atom stereocenters. The number of aromatic hydroxyl groups is 1. The zero-order valence-corrected chi connectivity index (χ0v) is 17.6. The van der Waals surface area contributed by atoms with Gasteiger partial charge in [0.05, 0.1) is 10.4 Å². The van der Waals surface area contributed by atoms with Crippen molar-refractivity contribution >= 4 is 44.4 Å². The lowest BCUT2D eigenvalue weighted by molar-refractivity contribution is 0.103. The summed E-state index contributed by atoms with van der Waals surface area (Å²) in [6.07, 6.45) is 0. The molecule has 0 radical (unpaired) electrons. The number of halogens is 1. The highest BCUT2D eigenvalue weighted by atomic mass is 32.1. The Bertz CT molecular complexity index is 1440. The zero-order chi connectivity index (χ0) is 21.5. The number of hydrogen-bond donors (Lipinski definition) is 2. The van der Waals surface area contributed by atoms with Crippen LogP contribution in [0.25, 0.3) is 31.8 Å². The number of aromatic nitrogens is 1. The highest BCUT2D eigenvalue weighted by Gasteiger charge is 2.23. The van der Waals surface area contributed by atoms with Gasteiger partial charge in [-0.1, -0.05) is 36.4 Å². The summed E-state index contributed by atoms with van der Waals surface area (Å²) in [4.78, 5) is 18.0. The standard InChI is InChI=1S/C24H15FN2O2S2/c25-18-4-2-1-3-16(18)22(29)23-21(17-10-9-15(28)11-19(17)31-23)13-5-7-14(8-6-13)24-27-20(26)12-30-24/h1-12,28H,26H2. The SMILES string of the molecule is Nc1csc(-c2ccc(-c3c(C(=O)c4ccccc4F)sc4cc(O)ccc34)cc2)n1. The number of anilines is 1. The van der Waals surface area contributed by atoms with Gasteiger partial charge in [-0.2, -0.15) is 0 Å². The van der Waals surface area contributed by atoms with E-state index in [1.807, 2.05) is 24.3 Å². The molecular formula is C24H15FN2O2S2. The van der Waals surface area contributed by atoms with E-state index in [1.165, 1.54) is 34.8 Å². The third-order valence-corrected chi connectivity index (χ3v) is 7.00. The number of phenols is 1. The molecule has 5 rings (SSSR count). The Morgan fingerprint density at radius 3 is 2.45 bits per heavy atom. The number of nitrogens with zero attached hydrogens (tertiary/aromatic N) is 1. The Labute approximate surface area is 185 Å². The number of phenolic OH excluding ortho intramolecular Hbond substituents is 1. The predicted molar refractivity (Wildman–Crippen MR) is 124 cm³/mol. The summed E-state index contributed by atoms with van der Waals surface area (Å²) in [5, 5.41) is 13.3. The molecule has 2 aromatic heterocycles. The molecule has 0 atom stereocenters. The molecule has 0 saturated carbocycles. The molecule has 5 aromatic rings. The fraction of sp³-hybridized carbons (Fsp3) is 0.